The summed E-state index contributed by atoms with van der Waals surface area (Å²) in [6.45, 7) is 0. The lowest BCUT2D eigenvalue weighted by molar-refractivity contribution is 0.669. The fourth-order valence-corrected chi connectivity index (χ4v) is 5.65. The standard InChI is InChI=1S/C36H25N5/c1-3-11-24(12-4-1)31-23-32(38-34(37-31)26-13-5-2-6-14-26)25-19-21-27(22-20-25)35-39-29-16-8-7-15-28(29)36-40-30-17-9-10-18-33(30)41(35)36/h1-23,35,39H. The predicted octanol–water partition coefficient (Wildman–Crippen LogP) is 8.47. The second-order valence-electron chi connectivity index (χ2n) is 10.2. The minimum absolute atomic E-state index is 0.0912. The summed E-state index contributed by atoms with van der Waals surface area (Å²) in [7, 11) is 0. The van der Waals surface area contributed by atoms with E-state index in [4.69, 9.17) is 15.0 Å². The van der Waals surface area contributed by atoms with Crippen LogP contribution in [-0.4, -0.2) is 19.5 Å². The molecular weight excluding hydrogens is 502 g/mol. The van der Waals surface area contributed by atoms with Crippen LogP contribution < -0.4 is 5.32 Å². The Balaban J connectivity index is 1.23. The molecule has 0 spiro atoms. The minimum atomic E-state index is -0.0912. The van der Waals surface area contributed by atoms with Gasteiger partial charge in [0.05, 0.1) is 22.4 Å². The first-order valence-corrected chi connectivity index (χ1v) is 13.7. The van der Waals surface area contributed by atoms with Crippen molar-refractivity contribution in [3.05, 3.63) is 145 Å². The normalized spacial score (nSPS) is 13.8. The Kier molecular flexibility index (Phi) is 5.45. The van der Waals surface area contributed by atoms with E-state index in [-0.39, 0.29) is 6.17 Å². The Morgan fingerprint density at radius 1 is 0.537 bits per heavy atom. The van der Waals surface area contributed by atoms with Gasteiger partial charge in [0.1, 0.15) is 12.0 Å². The van der Waals surface area contributed by atoms with Crippen LogP contribution in [0.2, 0.25) is 0 Å². The van der Waals surface area contributed by atoms with E-state index in [0.717, 1.165) is 61.8 Å². The second-order valence-corrected chi connectivity index (χ2v) is 10.2. The summed E-state index contributed by atoms with van der Waals surface area (Å²) >= 11 is 0. The summed E-state index contributed by atoms with van der Waals surface area (Å²) in [5, 5.41) is 3.77. The topological polar surface area (TPSA) is 55.6 Å². The molecule has 194 valence electrons. The van der Waals surface area contributed by atoms with Crippen molar-refractivity contribution in [1.29, 1.82) is 0 Å². The third kappa shape index (κ3) is 4.07. The molecular formula is C36H25N5. The Morgan fingerprint density at radius 3 is 1.90 bits per heavy atom. The molecule has 1 aliphatic heterocycles. The molecule has 0 saturated carbocycles. The van der Waals surface area contributed by atoms with E-state index in [1.54, 1.807) is 0 Å². The quantitative estimate of drug-likeness (QED) is 0.249. The van der Waals surface area contributed by atoms with Gasteiger partial charge < -0.3 is 5.32 Å². The molecule has 0 bridgehead atoms. The molecule has 8 rings (SSSR count). The van der Waals surface area contributed by atoms with Crippen molar-refractivity contribution in [1.82, 2.24) is 19.5 Å². The molecule has 5 nitrogen and oxygen atoms in total. The molecule has 0 radical (unpaired) electrons. The summed E-state index contributed by atoms with van der Waals surface area (Å²) < 4.78 is 2.30. The lowest BCUT2D eigenvalue weighted by Gasteiger charge is -2.30. The van der Waals surface area contributed by atoms with Crippen molar-refractivity contribution in [2.75, 3.05) is 5.32 Å². The third-order valence-corrected chi connectivity index (χ3v) is 7.66. The highest BCUT2D eigenvalue weighted by Crippen LogP contribution is 2.40. The van der Waals surface area contributed by atoms with E-state index in [9.17, 15) is 0 Å². The van der Waals surface area contributed by atoms with Crippen LogP contribution >= 0.6 is 0 Å². The van der Waals surface area contributed by atoms with Crippen molar-refractivity contribution in [2.24, 2.45) is 0 Å². The van der Waals surface area contributed by atoms with Crippen LogP contribution in [0.25, 0.3) is 56.3 Å². The van der Waals surface area contributed by atoms with Crippen molar-refractivity contribution >= 4 is 16.7 Å². The number of nitrogens with zero attached hydrogens (tertiary/aromatic N) is 4. The molecule has 2 aromatic heterocycles. The zero-order valence-electron chi connectivity index (χ0n) is 22.1. The van der Waals surface area contributed by atoms with Crippen LogP contribution in [0.5, 0.6) is 0 Å². The van der Waals surface area contributed by atoms with E-state index in [0.29, 0.717) is 5.82 Å². The number of imidazole rings is 1. The van der Waals surface area contributed by atoms with Crippen molar-refractivity contribution in [2.45, 2.75) is 6.17 Å². The summed E-state index contributed by atoms with van der Waals surface area (Å²) in [6, 6.07) is 47.9. The van der Waals surface area contributed by atoms with E-state index in [1.165, 1.54) is 0 Å². The van der Waals surface area contributed by atoms with Crippen molar-refractivity contribution in [3.8, 4) is 45.3 Å². The van der Waals surface area contributed by atoms with Gasteiger partial charge in [0.15, 0.2) is 5.82 Å². The van der Waals surface area contributed by atoms with Crippen LogP contribution in [0.3, 0.4) is 0 Å². The van der Waals surface area contributed by atoms with E-state index in [1.807, 2.05) is 42.5 Å². The molecule has 5 heteroatoms. The van der Waals surface area contributed by atoms with E-state index in [2.05, 4.69) is 107 Å². The first-order valence-electron chi connectivity index (χ1n) is 13.7. The van der Waals surface area contributed by atoms with Gasteiger partial charge in [-0.2, -0.15) is 0 Å². The molecule has 0 saturated heterocycles. The maximum absolute atomic E-state index is 5.02. The Hall–Kier alpha value is -5.55. The van der Waals surface area contributed by atoms with Crippen molar-refractivity contribution < 1.29 is 0 Å². The highest BCUT2D eigenvalue weighted by Gasteiger charge is 2.28. The highest BCUT2D eigenvalue weighted by molar-refractivity contribution is 5.87. The second kappa shape index (κ2) is 9.57. The van der Waals surface area contributed by atoms with Crippen LogP contribution in [0.15, 0.2) is 140 Å². The van der Waals surface area contributed by atoms with Gasteiger partial charge in [-0.1, -0.05) is 109 Å². The number of rotatable bonds is 4. The molecule has 0 fully saturated rings. The molecule has 0 amide bonds. The van der Waals surface area contributed by atoms with Gasteiger partial charge in [-0.05, 0) is 35.9 Å². The summed E-state index contributed by atoms with van der Waals surface area (Å²) in [4.78, 5) is 14.9. The van der Waals surface area contributed by atoms with Crippen LogP contribution in [0.1, 0.15) is 11.7 Å². The summed E-state index contributed by atoms with van der Waals surface area (Å²) in [6.07, 6.45) is -0.0912. The van der Waals surface area contributed by atoms with Gasteiger partial charge >= 0.3 is 0 Å². The maximum atomic E-state index is 5.02. The number of aromatic nitrogens is 4. The van der Waals surface area contributed by atoms with Crippen molar-refractivity contribution in [3.63, 3.8) is 0 Å². The number of hydrogen-bond donors (Lipinski definition) is 1. The molecule has 1 aliphatic rings. The number of nitrogens with one attached hydrogen (secondary N) is 1. The van der Waals surface area contributed by atoms with E-state index >= 15 is 0 Å². The average Bonchev–Trinajstić information content (AvgIpc) is 3.45. The van der Waals surface area contributed by atoms with Gasteiger partial charge in [-0.15, -0.1) is 0 Å². The van der Waals surface area contributed by atoms with Gasteiger partial charge in [0.2, 0.25) is 0 Å². The fraction of sp³-hybridized carbons (Fsp3) is 0.0278. The maximum Gasteiger partial charge on any atom is 0.160 e. The highest BCUT2D eigenvalue weighted by atomic mass is 15.2. The molecule has 41 heavy (non-hydrogen) atoms. The Morgan fingerprint density at radius 2 is 1.15 bits per heavy atom. The zero-order chi connectivity index (χ0) is 27.2. The lowest BCUT2D eigenvalue weighted by atomic mass is 10.0. The summed E-state index contributed by atoms with van der Waals surface area (Å²) in [5.74, 6) is 1.69. The number of anilines is 1. The monoisotopic (exact) mass is 527 g/mol. The van der Waals surface area contributed by atoms with Gasteiger partial charge in [0, 0.05) is 27.9 Å². The molecule has 3 heterocycles. The van der Waals surface area contributed by atoms with Crippen LogP contribution in [0.4, 0.5) is 5.69 Å². The molecule has 1 unspecified atom stereocenters. The smallest absolute Gasteiger partial charge is 0.160 e. The largest absolute Gasteiger partial charge is 0.361 e. The average molecular weight is 528 g/mol. The van der Waals surface area contributed by atoms with Gasteiger partial charge in [0.25, 0.3) is 0 Å². The van der Waals surface area contributed by atoms with Gasteiger partial charge in [-0.3, -0.25) is 4.57 Å². The molecule has 0 aliphatic carbocycles. The Labute approximate surface area is 237 Å². The molecule has 1 atom stereocenters. The van der Waals surface area contributed by atoms with Crippen LogP contribution in [0, 0.1) is 0 Å². The predicted molar refractivity (Wildman–Crippen MR) is 165 cm³/mol. The minimum Gasteiger partial charge on any atom is -0.361 e. The number of benzene rings is 5. The molecule has 1 N–H and O–H groups in total. The fourth-order valence-electron chi connectivity index (χ4n) is 5.65. The zero-order valence-corrected chi connectivity index (χ0v) is 22.1. The number of fused-ring (bicyclic) bond motifs is 5. The van der Waals surface area contributed by atoms with Gasteiger partial charge in [-0.25, -0.2) is 15.0 Å². The Bertz CT molecular complexity index is 1950. The number of para-hydroxylation sites is 3. The molecule has 7 aromatic rings. The van der Waals surface area contributed by atoms with Crippen LogP contribution in [-0.2, 0) is 0 Å². The molecule has 5 aromatic carbocycles. The first-order chi connectivity index (χ1) is 20.3. The summed E-state index contributed by atoms with van der Waals surface area (Å²) in [5.41, 5.74) is 10.3. The number of hydrogen-bond acceptors (Lipinski definition) is 4. The first kappa shape index (κ1) is 23.3. The third-order valence-electron chi connectivity index (χ3n) is 7.66. The van der Waals surface area contributed by atoms with E-state index < -0.39 is 0 Å². The SMILES string of the molecule is c1ccc(-c2cc(-c3ccc(C4Nc5ccccc5-c5nc6ccccc6n54)cc3)nc(-c3ccccc3)n2)cc1. The lowest BCUT2D eigenvalue weighted by Crippen LogP contribution is -2.24.